The summed E-state index contributed by atoms with van der Waals surface area (Å²) < 4.78 is 26.5. The van der Waals surface area contributed by atoms with E-state index in [1.807, 2.05) is 0 Å². The number of hydrogen-bond acceptors (Lipinski definition) is 7. The van der Waals surface area contributed by atoms with Gasteiger partial charge in [-0.05, 0) is 0 Å². The molecule has 2 N–H and O–H groups in total. The van der Waals surface area contributed by atoms with Gasteiger partial charge in [-0.2, -0.15) is 18.4 Å². The molecule has 0 aliphatic heterocycles. The van der Waals surface area contributed by atoms with Crippen molar-refractivity contribution in [3.8, 4) is 6.01 Å². The fraction of sp³-hybridized carbons (Fsp3) is 0.400. The molecular weight excluding hydrogens is 196 g/mol. The second-order valence-electron chi connectivity index (χ2n) is 2.05. The molecule has 0 saturated carbocycles. The number of hydrogen-bond donors (Lipinski definition) is 1. The Bertz CT molecular complexity index is 351. The van der Waals surface area contributed by atoms with Crippen molar-refractivity contribution in [1.29, 1.82) is 0 Å². The van der Waals surface area contributed by atoms with Crippen LogP contribution in [0.15, 0.2) is 12.7 Å². The lowest BCUT2D eigenvalue weighted by Crippen LogP contribution is -2.21. The lowest BCUT2D eigenvalue weighted by Gasteiger charge is -2.01. The van der Waals surface area contributed by atoms with Gasteiger partial charge in [0.15, 0.2) is 0 Å². The third kappa shape index (κ3) is 3.30. The van der Waals surface area contributed by atoms with E-state index in [-0.39, 0.29) is 18.3 Å². The van der Waals surface area contributed by atoms with Crippen LogP contribution in [0.2, 0.25) is 0 Å². The van der Waals surface area contributed by atoms with E-state index in [1.54, 1.807) is 0 Å². The quantitative estimate of drug-likeness (QED) is 0.597. The van der Waals surface area contributed by atoms with Crippen LogP contribution in [0.4, 0.5) is 0 Å². The van der Waals surface area contributed by atoms with Crippen LogP contribution < -0.4 is 9.92 Å². The van der Waals surface area contributed by atoms with Crippen LogP contribution in [0.5, 0.6) is 6.01 Å². The number of nitrogens with zero attached hydrogens (tertiary/aromatic N) is 3. The van der Waals surface area contributed by atoms with Crippen LogP contribution in [0, 0.1) is 0 Å². The maximum absolute atomic E-state index is 11.0. The highest BCUT2D eigenvalue weighted by Crippen LogP contribution is 2.01. The highest BCUT2D eigenvalue weighted by molar-refractivity contribution is 7.87. The van der Waals surface area contributed by atoms with Crippen LogP contribution in [0.1, 0.15) is 0 Å². The summed E-state index contributed by atoms with van der Waals surface area (Å²) >= 11 is 0. The molecule has 13 heavy (non-hydrogen) atoms. The number of aromatic nitrogens is 3. The van der Waals surface area contributed by atoms with Crippen molar-refractivity contribution < 1.29 is 12.6 Å². The van der Waals surface area contributed by atoms with Gasteiger partial charge in [0.1, 0.15) is 12.7 Å². The molecule has 0 atom stereocenters. The first-order valence-electron chi connectivity index (χ1n) is 3.38. The first-order valence-corrected chi connectivity index (χ1v) is 4.96. The zero-order valence-electron chi connectivity index (χ0n) is 6.62. The average molecular weight is 204 g/mol. The summed E-state index contributed by atoms with van der Waals surface area (Å²) in [7, 11) is -3.66. The van der Waals surface area contributed by atoms with Crippen molar-refractivity contribution in [3.05, 3.63) is 12.7 Å². The molecule has 0 bridgehead atoms. The fourth-order valence-electron chi connectivity index (χ4n) is 0.571. The van der Waals surface area contributed by atoms with E-state index in [2.05, 4.69) is 19.1 Å². The molecule has 0 aromatic carbocycles. The molecule has 0 aliphatic rings. The average Bonchev–Trinajstić information content (AvgIpc) is 2.04. The van der Waals surface area contributed by atoms with Crippen LogP contribution in [0.3, 0.4) is 0 Å². The van der Waals surface area contributed by atoms with Gasteiger partial charge in [0.25, 0.3) is 0 Å². The van der Waals surface area contributed by atoms with E-state index >= 15 is 0 Å². The first-order chi connectivity index (χ1) is 6.14. The minimum Gasteiger partial charge on any atom is -0.343 e. The van der Waals surface area contributed by atoms with Gasteiger partial charge >= 0.3 is 16.1 Å². The summed E-state index contributed by atoms with van der Waals surface area (Å²) in [5.74, 6) is -0.265. The predicted molar refractivity (Wildman–Crippen MR) is 43.3 cm³/mol. The number of nitrogens with two attached hydrogens (primary N) is 1. The molecule has 0 saturated heterocycles. The van der Waals surface area contributed by atoms with Gasteiger partial charge in [0.2, 0.25) is 0 Å². The molecule has 1 aromatic rings. The number of rotatable bonds is 4. The topological polar surface area (TPSA) is 108 Å². The molecule has 0 spiro atoms. The Hall–Kier alpha value is -1.28. The minimum atomic E-state index is -3.66. The van der Waals surface area contributed by atoms with Gasteiger partial charge in [-0.25, -0.2) is 4.98 Å². The van der Waals surface area contributed by atoms with Gasteiger partial charge in [0.05, 0.1) is 5.75 Å². The van der Waals surface area contributed by atoms with E-state index in [0.717, 1.165) is 12.7 Å². The molecule has 72 valence electrons. The molecule has 7 nitrogen and oxygen atoms in total. The molecule has 0 radical (unpaired) electrons. The Balaban J connectivity index is 2.70. The monoisotopic (exact) mass is 204 g/mol. The maximum Gasteiger partial charge on any atom is 0.335 e. The normalized spacial score (nSPS) is 11.2. The van der Waals surface area contributed by atoms with E-state index in [4.69, 9.17) is 5.73 Å². The summed E-state index contributed by atoms with van der Waals surface area (Å²) in [4.78, 5) is 10.5. The molecule has 0 aliphatic carbocycles. The summed E-state index contributed by atoms with van der Waals surface area (Å²) in [6, 6.07) is -0.247. The van der Waals surface area contributed by atoms with Gasteiger partial charge in [0, 0.05) is 6.54 Å². The third-order valence-electron chi connectivity index (χ3n) is 1.04. The van der Waals surface area contributed by atoms with Crippen molar-refractivity contribution >= 4 is 10.1 Å². The summed E-state index contributed by atoms with van der Waals surface area (Å²) in [6.07, 6.45) is 2.28. The summed E-state index contributed by atoms with van der Waals surface area (Å²) in [6.45, 7) is -0.00653. The fourth-order valence-corrected chi connectivity index (χ4v) is 1.26. The molecule has 1 heterocycles. The second-order valence-corrected chi connectivity index (χ2v) is 3.74. The Morgan fingerprint density at radius 1 is 1.38 bits per heavy atom. The van der Waals surface area contributed by atoms with Crippen LogP contribution >= 0.6 is 0 Å². The molecule has 0 fully saturated rings. The molecule has 8 heteroatoms. The zero-order chi connectivity index (χ0) is 9.73. The van der Waals surface area contributed by atoms with Crippen molar-refractivity contribution in [2.75, 3.05) is 12.3 Å². The van der Waals surface area contributed by atoms with E-state index in [1.165, 1.54) is 0 Å². The first kappa shape index (κ1) is 9.81. The predicted octanol–water partition coefficient (Wildman–Crippen LogP) is -1.46. The highest BCUT2D eigenvalue weighted by Gasteiger charge is 2.12. The van der Waals surface area contributed by atoms with Crippen LogP contribution in [-0.2, 0) is 10.1 Å². The van der Waals surface area contributed by atoms with E-state index in [9.17, 15) is 8.42 Å². The second kappa shape index (κ2) is 4.10. The smallest absolute Gasteiger partial charge is 0.335 e. The molecular formula is C5H8N4O3S. The van der Waals surface area contributed by atoms with Crippen LogP contribution in [0.25, 0.3) is 0 Å². The maximum atomic E-state index is 11.0. The van der Waals surface area contributed by atoms with Crippen LogP contribution in [-0.4, -0.2) is 35.7 Å². The zero-order valence-corrected chi connectivity index (χ0v) is 7.44. The Morgan fingerprint density at radius 3 is 2.54 bits per heavy atom. The Morgan fingerprint density at radius 2 is 2.00 bits per heavy atom. The highest BCUT2D eigenvalue weighted by atomic mass is 32.2. The third-order valence-corrected chi connectivity index (χ3v) is 2.18. The van der Waals surface area contributed by atoms with E-state index < -0.39 is 10.1 Å². The molecule has 0 unspecified atom stereocenters. The SMILES string of the molecule is NCCS(=O)(=O)Oc1ncncn1. The standard InChI is InChI=1S/C5H8N4O3S/c6-1-2-13(10,11)12-5-8-3-7-4-9-5/h3-4H,1-2,6H2. The molecule has 1 aromatic heterocycles. The molecule has 0 amide bonds. The lowest BCUT2D eigenvalue weighted by atomic mass is 10.8. The summed E-state index contributed by atoms with van der Waals surface area (Å²) in [5, 5.41) is 0. The van der Waals surface area contributed by atoms with Crippen molar-refractivity contribution in [2.24, 2.45) is 5.73 Å². The Kier molecular flexibility index (Phi) is 3.09. The van der Waals surface area contributed by atoms with Crippen molar-refractivity contribution in [3.63, 3.8) is 0 Å². The van der Waals surface area contributed by atoms with Crippen molar-refractivity contribution in [1.82, 2.24) is 15.0 Å². The van der Waals surface area contributed by atoms with Gasteiger partial charge in [-0.3, -0.25) is 0 Å². The van der Waals surface area contributed by atoms with E-state index in [0.29, 0.717) is 0 Å². The van der Waals surface area contributed by atoms with Gasteiger partial charge in [-0.15, -0.1) is 0 Å². The lowest BCUT2D eigenvalue weighted by molar-refractivity contribution is 0.462. The van der Waals surface area contributed by atoms with Gasteiger partial charge < -0.3 is 9.92 Å². The van der Waals surface area contributed by atoms with Gasteiger partial charge in [-0.1, -0.05) is 0 Å². The largest absolute Gasteiger partial charge is 0.343 e. The summed E-state index contributed by atoms with van der Waals surface area (Å²) in [5.41, 5.74) is 5.06. The van der Waals surface area contributed by atoms with Crippen molar-refractivity contribution in [2.45, 2.75) is 0 Å². The minimum absolute atomic E-state index is 0.00653. The molecule has 1 rings (SSSR count). The Labute approximate surface area is 75.1 Å².